The van der Waals surface area contributed by atoms with E-state index in [1.165, 1.54) is 18.2 Å². The fourth-order valence-corrected chi connectivity index (χ4v) is 3.48. The van der Waals surface area contributed by atoms with Crippen LogP contribution in [-0.4, -0.2) is 47.9 Å². The third kappa shape index (κ3) is 6.25. The minimum absolute atomic E-state index is 0.00247. The van der Waals surface area contributed by atoms with Gasteiger partial charge in [-0.05, 0) is 65.3 Å². The lowest BCUT2D eigenvalue weighted by Gasteiger charge is -2.27. The second-order valence-corrected chi connectivity index (χ2v) is 8.45. The van der Waals surface area contributed by atoms with Crippen LogP contribution in [0.1, 0.15) is 50.4 Å². The molecular weight excluding hydrogens is 357 g/mol. The minimum Gasteiger partial charge on any atom is -0.350 e. The second kappa shape index (κ2) is 8.35. The van der Waals surface area contributed by atoms with Gasteiger partial charge in [-0.3, -0.25) is 14.5 Å². The first kappa shape index (κ1) is 20.6. The Labute approximate surface area is 159 Å². The highest BCUT2D eigenvalue weighted by molar-refractivity contribution is 6.31. The van der Waals surface area contributed by atoms with Gasteiger partial charge >= 0.3 is 0 Å². The first-order valence-electron chi connectivity index (χ1n) is 8.82. The average Bonchev–Trinajstić information content (AvgIpc) is 2.92. The average molecular weight is 384 g/mol. The van der Waals surface area contributed by atoms with E-state index in [0.717, 1.165) is 19.3 Å². The molecule has 0 aromatic heterocycles. The Balaban J connectivity index is 1.86. The quantitative estimate of drug-likeness (QED) is 0.821. The highest BCUT2D eigenvalue weighted by atomic mass is 35.5. The number of carbonyl (C=O) groups is 2. The number of hydrogen-bond acceptors (Lipinski definition) is 3. The molecule has 144 valence electrons. The molecule has 0 bridgehead atoms. The lowest BCUT2D eigenvalue weighted by atomic mass is 10.1. The number of hydrogen-bond donors (Lipinski definition) is 2. The smallest absolute Gasteiger partial charge is 0.251 e. The monoisotopic (exact) mass is 383 g/mol. The normalized spacial score (nSPS) is 20.3. The summed E-state index contributed by atoms with van der Waals surface area (Å²) in [5.41, 5.74) is -0.0348. The lowest BCUT2D eigenvalue weighted by Crippen LogP contribution is -2.47. The predicted octanol–water partition coefficient (Wildman–Crippen LogP) is 2.98. The fraction of sp³-hybridized carbons (Fsp3) is 0.579. The fourth-order valence-electron chi connectivity index (χ4n) is 3.26. The van der Waals surface area contributed by atoms with Gasteiger partial charge < -0.3 is 10.6 Å². The molecule has 0 heterocycles. The number of nitrogens with one attached hydrogen (secondary N) is 2. The molecule has 1 aliphatic rings. The van der Waals surface area contributed by atoms with Crippen LogP contribution in [0.3, 0.4) is 0 Å². The van der Waals surface area contributed by atoms with Gasteiger partial charge in [-0.25, -0.2) is 4.39 Å². The molecule has 5 nitrogen and oxygen atoms in total. The zero-order chi connectivity index (χ0) is 19.5. The van der Waals surface area contributed by atoms with Crippen LogP contribution < -0.4 is 10.6 Å². The van der Waals surface area contributed by atoms with Crippen LogP contribution in [0.2, 0.25) is 5.02 Å². The third-order valence-electron chi connectivity index (χ3n) is 4.40. The van der Waals surface area contributed by atoms with Gasteiger partial charge in [0.15, 0.2) is 0 Å². The van der Waals surface area contributed by atoms with E-state index in [-0.39, 0.29) is 40.0 Å². The standard InChI is InChI=1S/C19H27ClFN3O2/c1-19(2,3)23-17(25)11-24(4)16-6-5-15(10-16)22-18(26)12-7-13(20)9-14(21)8-12/h7-9,15-16H,5-6,10-11H2,1-4H3,(H,22,26)(H,23,25)/t15-,16-/m0/s1. The summed E-state index contributed by atoms with van der Waals surface area (Å²) in [5.74, 6) is -0.872. The summed E-state index contributed by atoms with van der Waals surface area (Å²) in [4.78, 5) is 26.4. The summed E-state index contributed by atoms with van der Waals surface area (Å²) in [6.07, 6.45) is 2.48. The second-order valence-electron chi connectivity index (χ2n) is 8.01. The van der Waals surface area contributed by atoms with E-state index in [0.29, 0.717) is 6.54 Å². The Morgan fingerprint density at radius 3 is 2.58 bits per heavy atom. The van der Waals surface area contributed by atoms with Crippen molar-refractivity contribution in [2.75, 3.05) is 13.6 Å². The maximum absolute atomic E-state index is 13.4. The summed E-state index contributed by atoms with van der Waals surface area (Å²) in [7, 11) is 1.92. The van der Waals surface area contributed by atoms with Crippen LogP contribution in [-0.2, 0) is 4.79 Å². The molecule has 1 aromatic carbocycles. The van der Waals surface area contributed by atoms with E-state index in [4.69, 9.17) is 11.6 Å². The molecule has 7 heteroatoms. The highest BCUT2D eigenvalue weighted by Gasteiger charge is 2.30. The van der Waals surface area contributed by atoms with Crippen molar-refractivity contribution in [1.82, 2.24) is 15.5 Å². The zero-order valence-corrected chi connectivity index (χ0v) is 16.5. The molecule has 0 unspecified atom stereocenters. The van der Waals surface area contributed by atoms with E-state index in [1.807, 2.05) is 32.7 Å². The molecule has 0 spiro atoms. The van der Waals surface area contributed by atoms with Crippen molar-refractivity contribution < 1.29 is 14.0 Å². The van der Waals surface area contributed by atoms with Gasteiger partial charge in [-0.15, -0.1) is 0 Å². The van der Waals surface area contributed by atoms with E-state index in [2.05, 4.69) is 10.6 Å². The summed E-state index contributed by atoms with van der Waals surface area (Å²) >= 11 is 5.81. The maximum Gasteiger partial charge on any atom is 0.251 e. The van der Waals surface area contributed by atoms with Gasteiger partial charge in [0.1, 0.15) is 5.82 Å². The van der Waals surface area contributed by atoms with E-state index in [1.54, 1.807) is 0 Å². The largest absolute Gasteiger partial charge is 0.350 e. The molecular formula is C19H27ClFN3O2. The Bertz CT molecular complexity index is 655. The summed E-state index contributed by atoms with van der Waals surface area (Å²) in [5, 5.41) is 6.08. The van der Waals surface area contributed by atoms with Crippen LogP contribution in [0, 0.1) is 5.82 Å². The maximum atomic E-state index is 13.4. The van der Waals surface area contributed by atoms with E-state index in [9.17, 15) is 14.0 Å². The molecule has 1 aromatic rings. The van der Waals surface area contributed by atoms with Gasteiger partial charge in [0.2, 0.25) is 5.91 Å². The number of carbonyl (C=O) groups excluding carboxylic acids is 2. The molecule has 26 heavy (non-hydrogen) atoms. The summed E-state index contributed by atoms with van der Waals surface area (Å²) in [6, 6.07) is 4.03. The van der Waals surface area contributed by atoms with Gasteiger partial charge in [-0.2, -0.15) is 0 Å². The van der Waals surface area contributed by atoms with Crippen molar-refractivity contribution in [1.29, 1.82) is 0 Å². The van der Waals surface area contributed by atoms with Gasteiger partial charge in [0, 0.05) is 28.2 Å². The van der Waals surface area contributed by atoms with Crippen LogP contribution in [0.4, 0.5) is 4.39 Å². The Morgan fingerprint density at radius 1 is 1.27 bits per heavy atom. The SMILES string of the molecule is CN(CC(=O)NC(C)(C)C)[C@H]1CC[C@H](NC(=O)c2cc(F)cc(Cl)c2)C1. The number of likely N-dealkylation sites (N-methyl/N-ethyl adjacent to an activating group) is 1. The number of amides is 2. The molecule has 1 saturated carbocycles. The van der Waals surface area contributed by atoms with Crippen molar-refractivity contribution in [2.24, 2.45) is 0 Å². The minimum atomic E-state index is -0.531. The van der Waals surface area contributed by atoms with E-state index >= 15 is 0 Å². The first-order chi connectivity index (χ1) is 12.0. The Morgan fingerprint density at radius 2 is 1.96 bits per heavy atom. The van der Waals surface area contributed by atoms with Crippen molar-refractivity contribution in [3.8, 4) is 0 Å². The molecule has 1 fully saturated rings. The van der Waals surface area contributed by atoms with Gasteiger partial charge in [0.25, 0.3) is 5.91 Å². The van der Waals surface area contributed by atoms with Crippen molar-refractivity contribution >= 4 is 23.4 Å². The van der Waals surface area contributed by atoms with Crippen LogP contribution in [0.15, 0.2) is 18.2 Å². The Kier molecular flexibility index (Phi) is 6.64. The topological polar surface area (TPSA) is 61.4 Å². The molecule has 0 radical (unpaired) electrons. The van der Waals surface area contributed by atoms with Crippen molar-refractivity contribution in [3.63, 3.8) is 0 Å². The number of halogens is 2. The van der Waals surface area contributed by atoms with Gasteiger partial charge in [0.05, 0.1) is 6.54 Å². The molecule has 2 N–H and O–H groups in total. The number of rotatable bonds is 5. The van der Waals surface area contributed by atoms with Crippen LogP contribution >= 0.6 is 11.6 Å². The molecule has 0 aliphatic heterocycles. The van der Waals surface area contributed by atoms with Crippen LogP contribution in [0.5, 0.6) is 0 Å². The first-order valence-corrected chi connectivity index (χ1v) is 9.19. The zero-order valence-electron chi connectivity index (χ0n) is 15.7. The predicted molar refractivity (Wildman–Crippen MR) is 101 cm³/mol. The molecule has 2 amide bonds. The number of nitrogens with zero attached hydrogens (tertiary/aromatic N) is 1. The Hall–Kier alpha value is -1.66. The van der Waals surface area contributed by atoms with Crippen molar-refractivity contribution in [3.05, 3.63) is 34.6 Å². The van der Waals surface area contributed by atoms with Crippen molar-refractivity contribution in [2.45, 2.75) is 57.7 Å². The third-order valence-corrected chi connectivity index (χ3v) is 4.61. The van der Waals surface area contributed by atoms with Gasteiger partial charge in [-0.1, -0.05) is 11.6 Å². The molecule has 0 saturated heterocycles. The highest BCUT2D eigenvalue weighted by Crippen LogP contribution is 2.24. The molecule has 2 rings (SSSR count). The number of benzene rings is 1. The lowest BCUT2D eigenvalue weighted by molar-refractivity contribution is -0.123. The summed E-state index contributed by atoms with van der Waals surface area (Å²) < 4.78 is 13.4. The van der Waals surface area contributed by atoms with Crippen LogP contribution in [0.25, 0.3) is 0 Å². The van der Waals surface area contributed by atoms with E-state index < -0.39 is 5.82 Å². The summed E-state index contributed by atoms with van der Waals surface area (Å²) in [6.45, 7) is 6.17. The molecule has 2 atom stereocenters. The molecule has 1 aliphatic carbocycles.